The molecule has 3 rings (SSSR count). The molecule has 13 heteroatoms. The predicted molar refractivity (Wildman–Crippen MR) is 132 cm³/mol. The van der Waals surface area contributed by atoms with Gasteiger partial charge in [-0.2, -0.15) is 13.2 Å². The maximum atomic E-state index is 13.0. The van der Waals surface area contributed by atoms with Crippen LogP contribution in [0.2, 0.25) is 5.02 Å². The largest absolute Gasteiger partial charge is 0.457 e. The fourth-order valence-corrected chi connectivity index (χ4v) is 3.08. The van der Waals surface area contributed by atoms with Gasteiger partial charge < -0.3 is 20.3 Å². The zero-order valence-electron chi connectivity index (χ0n) is 19.7. The first-order valence-electron chi connectivity index (χ1n) is 10.8. The van der Waals surface area contributed by atoms with Gasteiger partial charge in [0.15, 0.2) is 0 Å². The van der Waals surface area contributed by atoms with Gasteiger partial charge in [0.25, 0.3) is 5.91 Å². The van der Waals surface area contributed by atoms with Crippen molar-refractivity contribution in [2.45, 2.75) is 6.18 Å². The third-order valence-electron chi connectivity index (χ3n) is 4.65. The van der Waals surface area contributed by atoms with Crippen LogP contribution in [0.5, 0.6) is 11.5 Å². The Kier molecular flexibility index (Phi) is 9.28. The van der Waals surface area contributed by atoms with Gasteiger partial charge in [0.1, 0.15) is 17.2 Å². The first-order valence-corrected chi connectivity index (χ1v) is 11.1. The number of nitrogens with zero attached hydrogens (tertiary/aromatic N) is 2. The number of carbonyl (C=O) groups is 2. The van der Waals surface area contributed by atoms with Crippen LogP contribution in [0.3, 0.4) is 0 Å². The molecule has 0 fully saturated rings. The van der Waals surface area contributed by atoms with E-state index < -0.39 is 28.7 Å². The number of amides is 3. The summed E-state index contributed by atoms with van der Waals surface area (Å²) >= 11 is 5.59. The van der Waals surface area contributed by atoms with E-state index in [2.05, 4.69) is 21.1 Å². The lowest BCUT2D eigenvalue weighted by Crippen LogP contribution is -2.28. The van der Waals surface area contributed by atoms with Crippen LogP contribution in [0.15, 0.2) is 60.8 Å². The lowest BCUT2D eigenvalue weighted by atomic mass is 10.2. The Morgan fingerprint density at radius 1 is 0.973 bits per heavy atom. The zero-order chi connectivity index (χ0) is 27.0. The molecule has 0 bridgehead atoms. The van der Waals surface area contributed by atoms with Gasteiger partial charge in [0.2, 0.25) is 0 Å². The summed E-state index contributed by atoms with van der Waals surface area (Å²) in [6.07, 6.45) is -3.24. The van der Waals surface area contributed by atoms with Crippen molar-refractivity contribution in [3.63, 3.8) is 0 Å². The highest BCUT2D eigenvalue weighted by atomic mass is 35.5. The molecule has 0 saturated heterocycles. The number of nitrogens with one attached hydrogen (secondary N) is 3. The van der Waals surface area contributed by atoms with Crippen molar-refractivity contribution >= 4 is 34.9 Å². The van der Waals surface area contributed by atoms with Crippen molar-refractivity contribution in [1.82, 2.24) is 15.4 Å². The number of carbonyl (C=O) groups excluding carboxylic acids is 2. The molecule has 0 aliphatic rings. The van der Waals surface area contributed by atoms with E-state index in [0.717, 1.165) is 12.1 Å². The van der Waals surface area contributed by atoms with Gasteiger partial charge in [0, 0.05) is 30.2 Å². The van der Waals surface area contributed by atoms with E-state index in [-0.39, 0.29) is 11.4 Å². The molecule has 0 aliphatic carbocycles. The Labute approximate surface area is 215 Å². The average molecular weight is 538 g/mol. The average Bonchev–Trinajstić information content (AvgIpc) is 2.83. The number of aromatic nitrogens is 1. The molecule has 0 aliphatic heterocycles. The van der Waals surface area contributed by atoms with E-state index in [0.29, 0.717) is 30.3 Å². The number of pyridine rings is 1. The fraction of sp³-hybridized carbons (Fsp3) is 0.208. The summed E-state index contributed by atoms with van der Waals surface area (Å²) in [4.78, 5) is 35.4. The molecule has 3 amide bonds. The highest BCUT2D eigenvalue weighted by Gasteiger charge is 2.33. The third-order valence-corrected chi connectivity index (χ3v) is 4.98. The van der Waals surface area contributed by atoms with Gasteiger partial charge in [-0.25, -0.2) is 10.3 Å². The molecule has 3 N–H and O–H groups in total. The van der Waals surface area contributed by atoms with E-state index in [1.807, 2.05) is 19.0 Å². The topological polar surface area (TPSA) is 105 Å². The minimum atomic E-state index is -4.65. The van der Waals surface area contributed by atoms with Crippen molar-refractivity contribution < 1.29 is 32.3 Å². The van der Waals surface area contributed by atoms with Gasteiger partial charge in [-0.15, -0.1) is 0 Å². The van der Waals surface area contributed by atoms with E-state index in [4.69, 9.17) is 21.2 Å². The SMILES string of the molecule is CN(C)CCONC(=O)c1cc(Oc2ccc(NC(=O)Nc3ccc(Cl)c(C(F)(F)F)c3)cc2)ccn1. The maximum absolute atomic E-state index is 13.0. The summed E-state index contributed by atoms with van der Waals surface area (Å²) in [6, 6.07) is 11.5. The molecule has 37 heavy (non-hydrogen) atoms. The molecular weight excluding hydrogens is 515 g/mol. The highest BCUT2D eigenvalue weighted by molar-refractivity contribution is 6.31. The van der Waals surface area contributed by atoms with Gasteiger partial charge in [-0.05, 0) is 62.6 Å². The molecule has 0 spiro atoms. The van der Waals surface area contributed by atoms with Gasteiger partial charge >= 0.3 is 12.2 Å². The molecule has 0 unspecified atom stereocenters. The molecule has 0 radical (unpaired) electrons. The molecule has 0 saturated carbocycles. The number of likely N-dealkylation sites (N-methyl/N-ethyl adjacent to an activating group) is 1. The number of halogens is 4. The lowest BCUT2D eigenvalue weighted by Gasteiger charge is -2.13. The Hall–Kier alpha value is -3.87. The van der Waals surface area contributed by atoms with E-state index in [1.165, 1.54) is 30.5 Å². The van der Waals surface area contributed by atoms with Crippen LogP contribution < -0.4 is 20.9 Å². The zero-order valence-corrected chi connectivity index (χ0v) is 20.5. The normalized spacial score (nSPS) is 11.2. The van der Waals surface area contributed by atoms with E-state index >= 15 is 0 Å². The van der Waals surface area contributed by atoms with Crippen molar-refractivity contribution in [2.75, 3.05) is 37.9 Å². The first kappa shape index (κ1) is 27.7. The maximum Gasteiger partial charge on any atom is 0.417 e. The quantitative estimate of drug-likeness (QED) is 0.249. The fourth-order valence-electron chi connectivity index (χ4n) is 2.85. The lowest BCUT2D eigenvalue weighted by molar-refractivity contribution is -0.137. The second kappa shape index (κ2) is 12.4. The standard InChI is InChI=1S/C24H23ClF3N5O4/c1-33(2)11-12-36-32-22(34)21-14-18(9-10-29-21)37-17-6-3-15(4-7-17)30-23(35)31-16-5-8-20(25)19(13-16)24(26,27)28/h3-10,13-14H,11-12H2,1-2H3,(H,32,34)(H2,30,31,35). The van der Waals surface area contributed by atoms with Crippen LogP contribution >= 0.6 is 11.6 Å². The number of benzene rings is 2. The molecule has 2 aromatic carbocycles. The van der Waals surface area contributed by atoms with E-state index in [9.17, 15) is 22.8 Å². The van der Waals surface area contributed by atoms with Crippen molar-refractivity contribution in [3.8, 4) is 11.5 Å². The van der Waals surface area contributed by atoms with Crippen LogP contribution in [-0.4, -0.2) is 49.1 Å². The molecular formula is C24H23ClF3N5O4. The number of alkyl halides is 3. The number of anilines is 2. The minimum absolute atomic E-state index is 0.0743. The van der Waals surface area contributed by atoms with E-state index in [1.54, 1.807) is 18.2 Å². The van der Waals surface area contributed by atoms with Crippen LogP contribution in [0, 0.1) is 0 Å². The van der Waals surface area contributed by atoms with Crippen molar-refractivity contribution in [2.24, 2.45) is 0 Å². The van der Waals surface area contributed by atoms with Gasteiger partial charge in [-0.3, -0.25) is 14.6 Å². The van der Waals surface area contributed by atoms with Gasteiger partial charge in [0.05, 0.1) is 17.2 Å². The smallest absolute Gasteiger partial charge is 0.417 e. The molecule has 0 atom stereocenters. The summed E-state index contributed by atoms with van der Waals surface area (Å²) in [5, 5.41) is 4.37. The molecule has 3 aromatic rings. The van der Waals surface area contributed by atoms with Crippen LogP contribution in [0.25, 0.3) is 0 Å². The third kappa shape index (κ3) is 8.63. The second-order valence-electron chi connectivity index (χ2n) is 7.86. The summed E-state index contributed by atoms with van der Waals surface area (Å²) in [5.74, 6) is 0.214. The summed E-state index contributed by atoms with van der Waals surface area (Å²) < 4.78 is 44.7. The highest BCUT2D eigenvalue weighted by Crippen LogP contribution is 2.36. The predicted octanol–water partition coefficient (Wildman–Crippen LogP) is 5.41. The molecule has 9 nitrogen and oxygen atoms in total. The summed E-state index contributed by atoms with van der Waals surface area (Å²) in [5.41, 5.74) is 1.63. The number of hydrogen-bond acceptors (Lipinski definition) is 6. The Balaban J connectivity index is 1.55. The molecule has 1 heterocycles. The van der Waals surface area contributed by atoms with Gasteiger partial charge in [-0.1, -0.05) is 11.6 Å². The summed E-state index contributed by atoms with van der Waals surface area (Å²) in [6.45, 7) is 0.936. The Morgan fingerprint density at radius 3 is 2.32 bits per heavy atom. The monoisotopic (exact) mass is 537 g/mol. The summed E-state index contributed by atoms with van der Waals surface area (Å²) in [7, 11) is 3.75. The first-order chi connectivity index (χ1) is 17.5. The number of ether oxygens (including phenoxy) is 1. The van der Waals surface area contributed by atoms with Crippen LogP contribution in [-0.2, 0) is 11.0 Å². The number of hydrogen-bond donors (Lipinski definition) is 3. The number of hydroxylamine groups is 1. The Bertz CT molecular complexity index is 1240. The minimum Gasteiger partial charge on any atom is -0.457 e. The molecule has 196 valence electrons. The van der Waals surface area contributed by atoms with Crippen LogP contribution in [0.4, 0.5) is 29.3 Å². The number of urea groups is 1. The van der Waals surface area contributed by atoms with Crippen molar-refractivity contribution in [1.29, 1.82) is 0 Å². The van der Waals surface area contributed by atoms with Crippen molar-refractivity contribution in [3.05, 3.63) is 77.1 Å². The molecule has 1 aromatic heterocycles. The second-order valence-corrected chi connectivity index (χ2v) is 8.26. The van der Waals surface area contributed by atoms with Crippen LogP contribution in [0.1, 0.15) is 16.1 Å². The Morgan fingerprint density at radius 2 is 1.65 bits per heavy atom. The number of rotatable bonds is 9.